The molecule has 0 spiro atoms. The van der Waals surface area contributed by atoms with Gasteiger partial charge in [-0.2, -0.15) is 0 Å². The van der Waals surface area contributed by atoms with Gasteiger partial charge in [-0.3, -0.25) is 0 Å². The smallest absolute Gasteiger partial charge is 0.106 e. The molecule has 122 valence electrons. The highest BCUT2D eigenvalue weighted by Crippen LogP contribution is 2.28. The van der Waals surface area contributed by atoms with Crippen LogP contribution in [-0.4, -0.2) is 6.61 Å². The number of halogens is 1. The molecule has 0 saturated heterocycles. The SMILES string of the molecule is C=C/C(Cl)=C\C(SCc1ccccc1)=C(/C)OCC.CCC. The largest absolute Gasteiger partial charge is 0.497 e. The molecule has 0 unspecified atom stereocenters. The quantitative estimate of drug-likeness (QED) is 0.394. The van der Waals surface area contributed by atoms with Gasteiger partial charge in [-0.25, -0.2) is 0 Å². The second-order valence-electron chi connectivity index (χ2n) is 4.57. The summed E-state index contributed by atoms with van der Waals surface area (Å²) in [6, 6.07) is 10.3. The first-order valence-corrected chi connectivity index (χ1v) is 8.95. The van der Waals surface area contributed by atoms with Crippen molar-refractivity contribution in [3.05, 3.63) is 70.3 Å². The zero-order valence-electron chi connectivity index (χ0n) is 14.1. The van der Waals surface area contributed by atoms with Crippen LogP contribution in [0.5, 0.6) is 0 Å². The first-order valence-electron chi connectivity index (χ1n) is 7.58. The molecule has 1 nitrogen and oxygen atoms in total. The Morgan fingerprint density at radius 2 is 1.82 bits per heavy atom. The Morgan fingerprint density at radius 3 is 2.32 bits per heavy atom. The summed E-state index contributed by atoms with van der Waals surface area (Å²) < 4.78 is 5.56. The summed E-state index contributed by atoms with van der Waals surface area (Å²) in [4.78, 5) is 1.04. The van der Waals surface area contributed by atoms with Crippen molar-refractivity contribution in [1.82, 2.24) is 0 Å². The Hall–Kier alpha value is -1.12. The Balaban J connectivity index is 0.00000135. The second-order valence-corrected chi connectivity index (χ2v) is 6.02. The van der Waals surface area contributed by atoms with E-state index in [-0.39, 0.29) is 0 Å². The fraction of sp³-hybridized carbons (Fsp3) is 0.368. The zero-order valence-corrected chi connectivity index (χ0v) is 15.6. The molecule has 0 aliphatic heterocycles. The average molecular weight is 339 g/mol. The molecular formula is C19H27ClOS. The Morgan fingerprint density at radius 1 is 1.23 bits per heavy atom. The second kappa shape index (κ2) is 13.5. The van der Waals surface area contributed by atoms with Crippen molar-refractivity contribution < 1.29 is 4.74 Å². The van der Waals surface area contributed by atoms with Crippen LogP contribution in [-0.2, 0) is 10.5 Å². The first kappa shape index (κ1) is 20.9. The molecule has 0 aliphatic carbocycles. The number of thioether (sulfide) groups is 1. The molecule has 3 heteroatoms. The molecule has 0 bridgehead atoms. The van der Waals surface area contributed by atoms with Crippen LogP contribution in [0.3, 0.4) is 0 Å². The summed E-state index contributed by atoms with van der Waals surface area (Å²) >= 11 is 7.74. The summed E-state index contributed by atoms with van der Waals surface area (Å²) in [7, 11) is 0. The monoisotopic (exact) mass is 338 g/mol. The molecule has 0 atom stereocenters. The summed E-state index contributed by atoms with van der Waals surface area (Å²) in [6.45, 7) is 12.5. The lowest BCUT2D eigenvalue weighted by atomic mass is 10.2. The Bertz CT molecular complexity index is 477. The van der Waals surface area contributed by atoms with E-state index in [1.807, 2.05) is 38.1 Å². The molecule has 0 fully saturated rings. The maximum atomic E-state index is 6.03. The Kier molecular flexibility index (Phi) is 12.8. The third-order valence-corrected chi connectivity index (χ3v) is 3.87. The van der Waals surface area contributed by atoms with Crippen LogP contribution in [0.1, 0.15) is 39.7 Å². The highest BCUT2D eigenvalue weighted by atomic mass is 35.5. The third-order valence-electron chi connectivity index (χ3n) is 2.41. The van der Waals surface area contributed by atoms with E-state index in [9.17, 15) is 0 Å². The van der Waals surface area contributed by atoms with Crippen LogP contribution in [0.4, 0.5) is 0 Å². The van der Waals surface area contributed by atoms with Crippen LogP contribution < -0.4 is 0 Å². The molecule has 0 N–H and O–H groups in total. The number of hydrogen-bond acceptors (Lipinski definition) is 2. The van der Waals surface area contributed by atoms with E-state index in [0.717, 1.165) is 16.4 Å². The molecule has 1 aromatic carbocycles. The highest BCUT2D eigenvalue weighted by molar-refractivity contribution is 8.02. The molecule has 0 amide bonds. The van der Waals surface area contributed by atoms with Gasteiger partial charge in [0.15, 0.2) is 0 Å². The molecule has 0 aliphatic rings. The molecule has 0 radical (unpaired) electrons. The van der Waals surface area contributed by atoms with Crippen molar-refractivity contribution in [2.45, 2.75) is 39.9 Å². The molecule has 22 heavy (non-hydrogen) atoms. The van der Waals surface area contributed by atoms with Gasteiger partial charge in [0.2, 0.25) is 0 Å². The number of rotatable bonds is 7. The topological polar surface area (TPSA) is 9.23 Å². The fourth-order valence-corrected chi connectivity index (χ4v) is 2.61. The van der Waals surface area contributed by atoms with Crippen LogP contribution in [0, 0.1) is 0 Å². The molecule has 0 aromatic heterocycles. The summed E-state index contributed by atoms with van der Waals surface area (Å²) in [5.41, 5.74) is 1.28. The van der Waals surface area contributed by atoms with Crippen molar-refractivity contribution in [2.75, 3.05) is 6.61 Å². The van der Waals surface area contributed by atoms with Gasteiger partial charge < -0.3 is 4.74 Å². The van der Waals surface area contributed by atoms with Crippen LogP contribution in [0.2, 0.25) is 0 Å². The minimum absolute atomic E-state index is 0.620. The van der Waals surface area contributed by atoms with Gasteiger partial charge in [0.1, 0.15) is 5.76 Å². The number of allylic oxidation sites excluding steroid dienone is 4. The van der Waals surface area contributed by atoms with E-state index >= 15 is 0 Å². The van der Waals surface area contributed by atoms with E-state index in [2.05, 4.69) is 32.6 Å². The molecular weight excluding hydrogens is 312 g/mol. The maximum absolute atomic E-state index is 6.03. The lowest BCUT2D eigenvalue weighted by Crippen LogP contribution is -1.91. The van der Waals surface area contributed by atoms with Gasteiger partial charge in [0.05, 0.1) is 6.61 Å². The van der Waals surface area contributed by atoms with Crippen molar-refractivity contribution in [2.24, 2.45) is 0 Å². The van der Waals surface area contributed by atoms with E-state index in [4.69, 9.17) is 16.3 Å². The van der Waals surface area contributed by atoms with Crippen molar-refractivity contribution in [3.63, 3.8) is 0 Å². The highest BCUT2D eigenvalue weighted by Gasteiger charge is 2.04. The lowest BCUT2D eigenvalue weighted by molar-refractivity contribution is 0.231. The molecule has 0 saturated carbocycles. The van der Waals surface area contributed by atoms with E-state index < -0.39 is 0 Å². The van der Waals surface area contributed by atoms with Crippen molar-refractivity contribution in [3.8, 4) is 0 Å². The van der Waals surface area contributed by atoms with Gasteiger partial charge >= 0.3 is 0 Å². The minimum Gasteiger partial charge on any atom is -0.497 e. The van der Waals surface area contributed by atoms with E-state index in [0.29, 0.717) is 11.6 Å². The zero-order chi connectivity index (χ0) is 16.8. The molecule has 0 heterocycles. The van der Waals surface area contributed by atoms with Crippen molar-refractivity contribution >= 4 is 23.4 Å². The van der Waals surface area contributed by atoms with E-state index in [1.54, 1.807) is 17.8 Å². The van der Waals surface area contributed by atoms with Crippen LogP contribution >= 0.6 is 23.4 Å². The van der Waals surface area contributed by atoms with Gasteiger partial charge in [-0.15, -0.1) is 11.8 Å². The minimum atomic E-state index is 0.620. The summed E-state index contributed by atoms with van der Waals surface area (Å²) in [5.74, 6) is 1.78. The fourth-order valence-electron chi connectivity index (χ4n) is 1.45. The van der Waals surface area contributed by atoms with Gasteiger partial charge in [-0.1, -0.05) is 74.9 Å². The van der Waals surface area contributed by atoms with Gasteiger partial charge in [0.25, 0.3) is 0 Å². The number of hydrogen-bond donors (Lipinski definition) is 0. The predicted octanol–water partition coefficient (Wildman–Crippen LogP) is 6.91. The van der Waals surface area contributed by atoms with E-state index in [1.165, 1.54) is 12.0 Å². The standard InChI is InChI=1S/C16H19ClOS.C3H8/c1-4-15(17)11-16(13(3)18-5-2)19-12-14-9-7-6-8-10-14;1-3-2/h4,6-11H,1,5,12H2,2-3H3;3H2,1-2H3/b15-11+,16-13-;. The first-order chi connectivity index (χ1) is 10.6. The third kappa shape index (κ3) is 9.75. The summed E-state index contributed by atoms with van der Waals surface area (Å²) in [5, 5.41) is 0.620. The number of ether oxygens (including phenoxy) is 1. The van der Waals surface area contributed by atoms with Crippen LogP contribution in [0.25, 0.3) is 0 Å². The average Bonchev–Trinajstić information content (AvgIpc) is 2.53. The van der Waals surface area contributed by atoms with Crippen LogP contribution in [0.15, 0.2) is 64.8 Å². The maximum Gasteiger partial charge on any atom is 0.106 e. The summed E-state index contributed by atoms with van der Waals surface area (Å²) in [6.07, 6.45) is 4.77. The normalized spacial score (nSPS) is 12.0. The Labute approximate surface area is 145 Å². The van der Waals surface area contributed by atoms with Gasteiger partial charge in [-0.05, 0) is 25.5 Å². The molecule has 1 rings (SSSR count). The lowest BCUT2D eigenvalue weighted by Gasteiger charge is -2.09. The van der Waals surface area contributed by atoms with Gasteiger partial charge in [0, 0.05) is 15.7 Å². The molecule has 1 aromatic rings. The predicted molar refractivity (Wildman–Crippen MR) is 102 cm³/mol. The van der Waals surface area contributed by atoms with Crippen molar-refractivity contribution in [1.29, 1.82) is 0 Å². The number of benzene rings is 1.